The third-order valence-electron chi connectivity index (χ3n) is 16.9. The number of aromatic nitrogens is 2. The molecule has 2 aliphatic rings. The van der Waals surface area contributed by atoms with Gasteiger partial charge in [-0.1, -0.05) is 231 Å². The van der Waals surface area contributed by atoms with Gasteiger partial charge in [0.2, 0.25) is 0 Å². The van der Waals surface area contributed by atoms with E-state index in [1.807, 2.05) is 0 Å². The van der Waals surface area contributed by atoms with Gasteiger partial charge < -0.3 is 8.80 Å². The molecule has 0 aliphatic heterocycles. The zero-order valence-electron chi connectivity index (χ0n) is 38.0. The summed E-state index contributed by atoms with van der Waals surface area (Å²) in [6, 6.07) is 92.0. The Kier molecular flexibility index (Phi) is 6.86. The first-order chi connectivity index (χ1) is 34.8. The van der Waals surface area contributed by atoms with Crippen molar-refractivity contribution >= 4 is 76.2 Å². The van der Waals surface area contributed by atoms with Crippen LogP contribution < -0.4 is 0 Å². The molecule has 17 rings (SSSR count). The number of fused-ring (bicyclic) bond motifs is 20. The SMILES string of the molecule is c1ccc(C2(c3ccccc3)c3ccccc3-c3ccc4c5cccc6c7cc8c(cc7n(c4c32)c65)c2cccc3c4ccc5c(c4n8c23)C(c2ccccc2)(c2ccccc2)c2ccccc2-5)cc1. The molecule has 322 valence electrons. The molecule has 0 radical (unpaired) electrons. The maximum Gasteiger partial charge on any atom is 0.0734 e. The van der Waals surface area contributed by atoms with Gasteiger partial charge in [-0.3, -0.25) is 0 Å². The second-order valence-electron chi connectivity index (χ2n) is 19.8. The third-order valence-corrected chi connectivity index (χ3v) is 16.9. The number of hydrogen-bond acceptors (Lipinski definition) is 0. The molecule has 70 heavy (non-hydrogen) atoms. The predicted octanol–water partition coefficient (Wildman–Crippen LogP) is 16.7. The molecule has 0 spiro atoms. The van der Waals surface area contributed by atoms with Crippen molar-refractivity contribution < 1.29 is 0 Å². The lowest BCUT2D eigenvalue weighted by Gasteiger charge is -2.34. The number of hydrogen-bond donors (Lipinski definition) is 0. The minimum Gasteiger partial charge on any atom is -0.308 e. The van der Waals surface area contributed by atoms with Crippen molar-refractivity contribution in [1.29, 1.82) is 0 Å². The van der Waals surface area contributed by atoms with Crippen LogP contribution in [0.5, 0.6) is 0 Å². The Labute approximate surface area is 403 Å². The molecular weight excluding hydrogens is 845 g/mol. The maximum atomic E-state index is 2.66. The van der Waals surface area contributed by atoms with Crippen molar-refractivity contribution in [2.45, 2.75) is 10.8 Å². The minimum absolute atomic E-state index is 0.549. The van der Waals surface area contributed by atoms with Gasteiger partial charge in [-0.15, -0.1) is 0 Å². The summed E-state index contributed by atoms with van der Waals surface area (Å²) < 4.78 is 5.33. The lowest BCUT2D eigenvalue weighted by molar-refractivity contribution is 0.773. The van der Waals surface area contributed by atoms with Gasteiger partial charge in [0, 0.05) is 54.2 Å². The Morgan fingerprint density at radius 2 is 0.543 bits per heavy atom. The second-order valence-corrected chi connectivity index (χ2v) is 19.8. The third kappa shape index (κ3) is 4.14. The van der Waals surface area contributed by atoms with Crippen LogP contribution in [0.1, 0.15) is 44.5 Å². The molecule has 11 aromatic carbocycles. The van der Waals surface area contributed by atoms with Gasteiger partial charge in [-0.05, 0) is 67.8 Å². The first-order valence-corrected chi connectivity index (χ1v) is 24.6. The van der Waals surface area contributed by atoms with E-state index in [2.05, 4.69) is 251 Å². The summed E-state index contributed by atoms with van der Waals surface area (Å²) in [5, 5.41) is 10.3. The molecule has 0 bridgehead atoms. The highest BCUT2D eigenvalue weighted by Gasteiger charge is 2.50. The van der Waals surface area contributed by atoms with Crippen LogP contribution in [0.3, 0.4) is 0 Å². The lowest BCUT2D eigenvalue weighted by atomic mass is 9.67. The van der Waals surface area contributed by atoms with Gasteiger partial charge in [0.05, 0.1) is 43.9 Å². The topological polar surface area (TPSA) is 8.82 Å². The fourth-order valence-corrected chi connectivity index (χ4v) is 14.5. The second kappa shape index (κ2) is 13.0. The molecule has 4 aromatic heterocycles. The molecule has 0 saturated carbocycles. The lowest BCUT2D eigenvalue weighted by Crippen LogP contribution is -2.29. The van der Waals surface area contributed by atoms with Gasteiger partial charge in [0.15, 0.2) is 0 Å². The first kappa shape index (κ1) is 37.1. The molecule has 0 N–H and O–H groups in total. The number of para-hydroxylation sites is 2. The summed E-state index contributed by atoms with van der Waals surface area (Å²) in [7, 11) is 0. The van der Waals surface area contributed by atoms with Gasteiger partial charge >= 0.3 is 0 Å². The van der Waals surface area contributed by atoms with Crippen molar-refractivity contribution in [3.8, 4) is 22.3 Å². The van der Waals surface area contributed by atoms with Gasteiger partial charge in [-0.2, -0.15) is 0 Å². The van der Waals surface area contributed by atoms with E-state index >= 15 is 0 Å². The average molecular weight is 885 g/mol. The van der Waals surface area contributed by atoms with E-state index in [0.29, 0.717) is 0 Å². The zero-order valence-corrected chi connectivity index (χ0v) is 38.0. The van der Waals surface area contributed by atoms with E-state index in [1.54, 1.807) is 0 Å². The van der Waals surface area contributed by atoms with E-state index in [0.717, 1.165) is 0 Å². The van der Waals surface area contributed by atoms with E-state index in [4.69, 9.17) is 0 Å². The fraction of sp³-hybridized carbons (Fsp3) is 0.0294. The van der Waals surface area contributed by atoms with Crippen molar-refractivity contribution in [2.75, 3.05) is 0 Å². The average Bonchev–Trinajstić information content (AvgIpc) is 4.26. The smallest absolute Gasteiger partial charge is 0.0734 e. The molecule has 15 aromatic rings. The van der Waals surface area contributed by atoms with Crippen molar-refractivity contribution in [1.82, 2.24) is 8.80 Å². The number of benzene rings is 11. The molecular formula is C68H40N2. The summed E-state index contributed by atoms with van der Waals surface area (Å²) in [4.78, 5) is 0. The van der Waals surface area contributed by atoms with Crippen molar-refractivity contribution in [3.63, 3.8) is 0 Å². The Hall–Kier alpha value is -8.98. The Balaban J connectivity index is 1.06. The Bertz CT molecular complexity index is 4290. The standard InChI is InChI=1S/C68H40N2/c1-5-19-41(20-6-1)67(42-21-7-2-8-22-42)57-33-15-13-27-45(57)47-35-37-53-49-29-17-31-51-55-40-60-56(39-59(55)69(63(49)51)65(53)61(47)67)52-32-18-30-50-54-38-36-48-46-28-14-16-34-58(46)68(43-23-9-3-10-24-43,44-25-11-4-12-26-44)62(48)66(54)70(60)64(50)52/h1-40H. The molecule has 0 fully saturated rings. The summed E-state index contributed by atoms with van der Waals surface area (Å²) in [6.07, 6.45) is 0. The Morgan fingerprint density at radius 1 is 0.229 bits per heavy atom. The summed E-state index contributed by atoms with van der Waals surface area (Å²) in [5.74, 6) is 0. The van der Waals surface area contributed by atoms with Crippen LogP contribution in [0, 0.1) is 0 Å². The van der Waals surface area contributed by atoms with Crippen molar-refractivity contribution in [2.24, 2.45) is 0 Å². The van der Waals surface area contributed by atoms with Gasteiger partial charge in [0.1, 0.15) is 0 Å². The van der Waals surface area contributed by atoms with Crippen LogP contribution in [-0.4, -0.2) is 8.80 Å². The van der Waals surface area contributed by atoms with E-state index in [9.17, 15) is 0 Å². The molecule has 0 saturated heterocycles. The number of rotatable bonds is 4. The van der Waals surface area contributed by atoms with Crippen molar-refractivity contribution in [3.05, 3.63) is 287 Å². The highest BCUT2D eigenvalue weighted by molar-refractivity contribution is 6.30. The fourth-order valence-electron chi connectivity index (χ4n) is 14.5. The highest BCUT2D eigenvalue weighted by atomic mass is 14.9. The van der Waals surface area contributed by atoms with Crippen LogP contribution in [0.15, 0.2) is 243 Å². The highest BCUT2D eigenvalue weighted by Crippen LogP contribution is 2.61. The Morgan fingerprint density at radius 3 is 0.914 bits per heavy atom. The molecule has 0 atom stereocenters. The van der Waals surface area contributed by atoms with Crippen LogP contribution in [0.2, 0.25) is 0 Å². The summed E-state index contributed by atoms with van der Waals surface area (Å²) in [6.45, 7) is 0. The van der Waals surface area contributed by atoms with Crippen LogP contribution in [0.4, 0.5) is 0 Å². The number of nitrogens with zero attached hydrogens (tertiary/aromatic N) is 2. The van der Waals surface area contributed by atoms with Gasteiger partial charge in [0.25, 0.3) is 0 Å². The largest absolute Gasteiger partial charge is 0.308 e. The maximum absolute atomic E-state index is 2.66. The quantitative estimate of drug-likeness (QED) is 0.167. The molecule has 0 amide bonds. The molecule has 2 nitrogen and oxygen atoms in total. The molecule has 2 aliphatic carbocycles. The first-order valence-electron chi connectivity index (χ1n) is 24.6. The van der Waals surface area contributed by atoms with Gasteiger partial charge in [-0.25, -0.2) is 0 Å². The molecule has 2 heteroatoms. The monoisotopic (exact) mass is 884 g/mol. The molecule has 4 heterocycles. The summed E-state index contributed by atoms with van der Waals surface area (Å²) >= 11 is 0. The van der Waals surface area contributed by atoms with E-state index in [-0.39, 0.29) is 0 Å². The van der Waals surface area contributed by atoms with Crippen LogP contribution in [0.25, 0.3) is 98.4 Å². The van der Waals surface area contributed by atoms with Crippen LogP contribution in [-0.2, 0) is 10.8 Å². The zero-order chi connectivity index (χ0) is 45.5. The van der Waals surface area contributed by atoms with E-state index < -0.39 is 10.8 Å². The minimum atomic E-state index is -0.549. The normalized spacial score (nSPS) is 14.5. The predicted molar refractivity (Wildman–Crippen MR) is 290 cm³/mol. The van der Waals surface area contributed by atoms with E-state index in [1.165, 1.54) is 143 Å². The van der Waals surface area contributed by atoms with Crippen LogP contribution >= 0.6 is 0 Å². The summed E-state index contributed by atoms with van der Waals surface area (Å²) in [5.41, 5.74) is 22.2. The molecule has 0 unspecified atom stereocenters.